The molecule has 0 rings (SSSR count). The summed E-state index contributed by atoms with van der Waals surface area (Å²) in [6.45, 7) is 0. The molecule has 1 unspecified atom stereocenters. The Hall–Kier alpha value is -1.89. The van der Waals surface area contributed by atoms with Gasteiger partial charge in [-0.2, -0.15) is 0 Å². The van der Waals surface area contributed by atoms with Crippen LogP contribution in [0, 0.1) is 0 Å². The summed E-state index contributed by atoms with van der Waals surface area (Å²) < 4.78 is 0. The van der Waals surface area contributed by atoms with Crippen LogP contribution in [0.3, 0.4) is 0 Å². The van der Waals surface area contributed by atoms with E-state index in [-0.39, 0.29) is 5.57 Å². The molecule has 0 aromatic carbocycles. The van der Waals surface area contributed by atoms with E-state index in [1.165, 1.54) is 0 Å². The van der Waals surface area contributed by atoms with Crippen molar-refractivity contribution in [2.24, 2.45) is 5.73 Å². The number of rotatable bonds is 5. The molecule has 0 spiro atoms. The van der Waals surface area contributed by atoms with Crippen LogP contribution in [0.1, 0.15) is 6.42 Å². The van der Waals surface area contributed by atoms with Gasteiger partial charge in [0, 0.05) is 6.08 Å². The number of hydrogen-bond acceptors (Lipinski definition) is 4. The SMILES string of the molecule is NC(C(=O)O)/C(=C/C(=O)O)CC(=O)O. The lowest BCUT2D eigenvalue weighted by Gasteiger charge is -2.08. The molecular weight excluding hydrogens is 194 g/mol. The van der Waals surface area contributed by atoms with Gasteiger partial charge >= 0.3 is 17.9 Å². The quantitative estimate of drug-likeness (QED) is 0.415. The summed E-state index contributed by atoms with van der Waals surface area (Å²) in [6, 6.07) is -1.61. The number of hydrogen-bond donors (Lipinski definition) is 4. The van der Waals surface area contributed by atoms with Crippen molar-refractivity contribution >= 4 is 17.9 Å². The molecule has 0 aromatic heterocycles. The minimum Gasteiger partial charge on any atom is -0.481 e. The molecule has 0 aliphatic rings. The lowest BCUT2D eigenvalue weighted by Crippen LogP contribution is -2.33. The van der Waals surface area contributed by atoms with Gasteiger partial charge in [0.15, 0.2) is 0 Å². The fourth-order valence-electron chi connectivity index (χ4n) is 0.743. The zero-order valence-corrected chi connectivity index (χ0v) is 7.01. The summed E-state index contributed by atoms with van der Waals surface area (Å²) >= 11 is 0. The van der Waals surface area contributed by atoms with Gasteiger partial charge in [-0.3, -0.25) is 9.59 Å². The molecule has 0 fully saturated rings. The van der Waals surface area contributed by atoms with Crippen molar-refractivity contribution < 1.29 is 29.7 Å². The van der Waals surface area contributed by atoms with Crippen LogP contribution < -0.4 is 5.73 Å². The van der Waals surface area contributed by atoms with Gasteiger partial charge in [-0.05, 0) is 5.57 Å². The number of carbonyl (C=O) groups is 3. The highest BCUT2D eigenvalue weighted by atomic mass is 16.4. The van der Waals surface area contributed by atoms with Crippen LogP contribution in [0.5, 0.6) is 0 Å². The van der Waals surface area contributed by atoms with E-state index in [1.54, 1.807) is 0 Å². The molecule has 0 amide bonds. The van der Waals surface area contributed by atoms with E-state index in [9.17, 15) is 14.4 Å². The Kier molecular flexibility index (Phi) is 4.30. The van der Waals surface area contributed by atoms with Crippen molar-refractivity contribution in [3.63, 3.8) is 0 Å². The Morgan fingerprint density at radius 1 is 1.21 bits per heavy atom. The molecule has 0 radical (unpaired) electrons. The Morgan fingerprint density at radius 3 is 2.00 bits per heavy atom. The molecule has 0 saturated carbocycles. The maximum Gasteiger partial charge on any atom is 0.328 e. The molecule has 7 heteroatoms. The van der Waals surface area contributed by atoms with Crippen molar-refractivity contribution in [3.8, 4) is 0 Å². The Morgan fingerprint density at radius 2 is 1.71 bits per heavy atom. The second-order valence-corrected chi connectivity index (χ2v) is 2.44. The van der Waals surface area contributed by atoms with Crippen LogP contribution in [0.2, 0.25) is 0 Å². The first-order valence-corrected chi connectivity index (χ1v) is 3.48. The van der Waals surface area contributed by atoms with E-state index in [1.807, 2.05) is 0 Å². The molecule has 5 N–H and O–H groups in total. The first-order chi connectivity index (χ1) is 6.34. The topological polar surface area (TPSA) is 138 Å². The molecule has 0 bridgehead atoms. The van der Waals surface area contributed by atoms with Gasteiger partial charge in [-0.1, -0.05) is 0 Å². The van der Waals surface area contributed by atoms with Gasteiger partial charge < -0.3 is 21.1 Å². The Bertz CT molecular complexity index is 295. The molecule has 0 saturated heterocycles. The summed E-state index contributed by atoms with van der Waals surface area (Å²) in [4.78, 5) is 30.8. The average Bonchev–Trinajstić information content (AvgIpc) is 1.99. The summed E-state index contributed by atoms with van der Waals surface area (Å²) in [5.41, 5.74) is 4.70. The fraction of sp³-hybridized carbons (Fsp3) is 0.286. The minimum atomic E-state index is -1.61. The maximum absolute atomic E-state index is 10.4. The number of nitrogens with two attached hydrogens (primary N) is 1. The molecule has 7 nitrogen and oxygen atoms in total. The van der Waals surface area contributed by atoms with E-state index in [0.29, 0.717) is 6.08 Å². The lowest BCUT2D eigenvalue weighted by atomic mass is 10.0. The number of carboxylic acid groups (broad SMARTS) is 3. The molecule has 0 heterocycles. The normalized spacial score (nSPS) is 13.4. The highest BCUT2D eigenvalue weighted by Gasteiger charge is 2.20. The van der Waals surface area contributed by atoms with E-state index in [2.05, 4.69) is 0 Å². The summed E-state index contributed by atoms with van der Waals surface area (Å²) in [7, 11) is 0. The lowest BCUT2D eigenvalue weighted by molar-refractivity contribution is -0.138. The largest absolute Gasteiger partial charge is 0.481 e. The molecule has 0 aromatic rings. The van der Waals surface area contributed by atoms with Crippen LogP contribution in [0.15, 0.2) is 11.6 Å². The van der Waals surface area contributed by atoms with Gasteiger partial charge in [0.05, 0.1) is 6.42 Å². The molecule has 0 aliphatic carbocycles. The standard InChI is InChI=1S/C7H9NO6/c8-6(7(13)14)3(1-4(9)10)2-5(11)12/h1,6H,2,8H2,(H,9,10)(H,11,12)(H,13,14)/b3-1+. The first kappa shape index (κ1) is 12.1. The third-order valence-electron chi connectivity index (χ3n) is 1.33. The molecule has 0 aliphatic heterocycles. The van der Waals surface area contributed by atoms with Crippen LogP contribution in [0.4, 0.5) is 0 Å². The van der Waals surface area contributed by atoms with Crippen molar-refractivity contribution in [2.75, 3.05) is 0 Å². The predicted molar refractivity (Wildman–Crippen MR) is 43.6 cm³/mol. The smallest absolute Gasteiger partial charge is 0.328 e. The van der Waals surface area contributed by atoms with Crippen molar-refractivity contribution in [2.45, 2.75) is 12.5 Å². The van der Waals surface area contributed by atoms with Crippen LogP contribution >= 0.6 is 0 Å². The second kappa shape index (κ2) is 4.97. The van der Waals surface area contributed by atoms with Crippen LogP contribution in [0.25, 0.3) is 0 Å². The van der Waals surface area contributed by atoms with E-state index >= 15 is 0 Å². The van der Waals surface area contributed by atoms with E-state index < -0.39 is 30.4 Å². The zero-order valence-electron chi connectivity index (χ0n) is 7.01. The molecule has 1 atom stereocenters. The Labute approximate surface area is 78.4 Å². The van der Waals surface area contributed by atoms with Gasteiger partial charge in [0.25, 0.3) is 0 Å². The summed E-state index contributed by atoms with van der Waals surface area (Å²) in [6.07, 6.45) is -0.216. The Balaban J connectivity index is 4.81. The molecule has 14 heavy (non-hydrogen) atoms. The van der Waals surface area contributed by atoms with E-state index in [4.69, 9.17) is 21.1 Å². The van der Waals surface area contributed by atoms with E-state index in [0.717, 1.165) is 0 Å². The third-order valence-corrected chi connectivity index (χ3v) is 1.33. The number of aliphatic carboxylic acids is 3. The minimum absolute atomic E-state index is 0.363. The maximum atomic E-state index is 10.4. The third kappa shape index (κ3) is 4.21. The van der Waals surface area contributed by atoms with Crippen LogP contribution in [-0.4, -0.2) is 39.3 Å². The summed E-state index contributed by atoms with van der Waals surface area (Å²) in [5, 5.41) is 25.1. The highest BCUT2D eigenvalue weighted by Crippen LogP contribution is 2.06. The van der Waals surface area contributed by atoms with Gasteiger partial charge in [0.1, 0.15) is 6.04 Å². The van der Waals surface area contributed by atoms with Crippen LogP contribution in [-0.2, 0) is 14.4 Å². The molecular formula is C7H9NO6. The van der Waals surface area contributed by atoms with Crippen molar-refractivity contribution in [1.29, 1.82) is 0 Å². The fourth-order valence-corrected chi connectivity index (χ4v) is 0.743. The summed E-state index contributed by atoms with van der Waals surface area (Å²) in [5.74, 6) is -4.24. The van der Waals surface area contributed by atoms with Crippen molar-refractivity contribution in [3.05, 3.63) is 11.6 Å². The first-order valence-electron chi connectivity index (χ1n) is 3.48. The highest BCUT2D eigenvalue weighted by molar-refractivity contribution is 5.87. The second-order valence-electron chi connectivity index (χ2n) is 2.44. The average molecular weight is 203 g/mol. The van der Waals surface area contributed by atoms with Gasteiger partial charge in [-0.15, -0.1) is 0 Å². The zero-order chi connectivity index (χ0) is 11.3. The molecule has 78 valence electrons. The number of carboxylic acids is 3. The van der Waals surface area contributed by atoms with Crippen molar-refractivity contribution in [1.82, 2.24) is 0 Å². The van der Waals surface area contributed by atoms with Gasteiger partial charge in [-0.25, -0.2) is 4.79 Å². The monoisotopic (exact) mass is 203 g/mol. The van der Waals surface area contributed by atoms with Gasteiger partial charge in [0.2, 0.25) is 0 Å². The predicted octanol–water partition coefficient (Wildman–Crippen LogP) is -1.12.